The van der Waals surface area contributed by atoms with Crippen LogP contribution in [0.5, 0.6) is 0 Å². The highest BCUT2D eigenvalue weighted by Gasteiger charge is 2.14. The highest BCUT2D eigenvalue weighted by molar-refractivity contribution is 7.07. The van der Waals surface area contributed by atoms with Crippen molar-refractivity contribution in [2.75, 3.05) is 19.6 Å². The molecule has 0 aliphatic carbocycles. The van der Waals surface area contributed by atoms with E-state index < -0.39 is 5.97 Å². The van der Waals surface area contributed by atoms with Crippen LogP contribution in [0.3, 0.4) is 0 Å². The average molecular weight is 270 g/mol. The fourth-order valence-corrected chi connectivity index (χ4v) is 2.25. The second kappa shape index (κ2) is 7.71. The fraction of sp³-hybridized carbons (Fsp3) is 0.500. The molecule has 100 valence electrons. The quantitative estimate of drug-likeness (QED) is 0.793. The Balaban J connectivity index is 2.34. The van der Waals surface area contributed by atoms with E-state index in [0.717, 1.165) is 12.8 Å². The molecule has 1 rings (SSSR count). The van der Waals surface area contributed by atoms with Crippen LogP contribution < -0.4 is 5.32 Å². The van der Waals surface area contributed by atoms with Crippen molar-refractivity contribution in [3.8, 4) is 0 Å². The number of nitrogens with one attached hydrogen (secondary N) is 1. The largest absolute Gasteiger partial charge is 0.480 e. The molecular weight excluding hydrogens is 252 g/mol. The minimum atomic E-state index is -0.989. The number of carboxylic acids is 1. The number of carboxylic acid groups (broad SMARTS) is 1. The molecule has 5 nitrogen and oxygen atoms in total. The first-order valence-electron chi connectivity index (χ1n) is 5.89. The smallest absolute Gasteiger partial charge is 0.323 e. The van der Waals surface area contributed by atoms with E-state index in [4.69, 9.17) is 5.11 Å². The minimum absolute atomic E-state index is 0.252. The molecule has 18 heavy (non-hydrogen) atoms. The van der Waals surface area contributed by atoms with E-state index in [-0.39, 0.29) is 12.6 Å². The third kappa shape index (κ3) is 5.18. The number of rotatable bonds is 7. The van der Waals surface area contributed by atoms with Crippen LogP contribution in [-0.4, -0.2) is 41.6 Å². The molecule has 1 aromatic rings. The lowest BCUT2D eigenvalue weighted by Crippen LogP contribution is -2.43. The lowest BCUT2D eigenvalue weighted by molar-refractivity contribution is -0.137. The second-order valence-electron chi connectivity index (χ2n) is 3.93. The first kappa shape index (κ1) is 14.5. The second-order valence-corrected chi connectivity index (χ2v) is 4.71. The van der Waals surface area contributed by atoms with Gasteiger partial charge in [0.25, 0.3) is 0 Å². The molecule has 0 unspecified atom stereocenters. The molecule has 0 saturated carbocycles. The van der Waals surface area contributed by atoms with Gasteiger partial charge in [0, 0.05) is 13.1 Å². The van der Waals surface area contributed by atoms with Crippen LogP contribution in [0.4, 0.5) is 4.79 Å². The van der Waals surface area contributed by atoms with E-state index in [1.54, 1.807) is 11.3 Å². The van der Waals surface area contributed by atoms with Crippen LogP contribution in [0.1, 0.15) is 18.9 Å². The zero-order valence-electron chi connectivity index (χ0n) is 10.4. The maximum absolute atomic E-state index is 11.8. The third-order valence-corrected chi connectivity index (χ3v) is 3.11. The lowest BCUT2D eigenvalue weighted by Gasteiger charge is -2.20. The van der Waals surface area contributed by atoms with Gasteiger partial charge in [-0.3, -0.25) is 4.79 Å². The molecule has 2 N–H and O–H groups in total. The molecule has 0 aliphatic heterocycles. The van der Waals surface area contributed by atoms with Gasteiger partial charge in [-0.15, -0.1) is 0 Å². The summed E-state index contributed by atoms with van der Waals surface area (Å²) in [6.07, 6.45) is 1.51. The number of thiophene rings is 1. The average Bonchev–Trinajstić information content (AvgIpc) is 2.81. The molecule has 1 aromatic heterocycles. The maximum Gasteiger partial charge on any atom is 0.323 e. The molecular formula is C12H18N2O3S. The van der Waals surface area contributed by atoms with Crippen LogP contribution in [0.2, 0.25) is 0 Å². The SMILES string of the molecule is CCCN(CC(=O)O)C(=O)NCCc1ccsc1. The normalized spacial score (nSPS) is 10.1. The van der Waals surface area contributed by atoms with Crippen molar-refractivity contribution in [3.05, 3.63) is 22.4 Å². The molecule has 0 aliphatic rings. The third-order valence-electron chi connectivity index (χ3n) is 2.38. The van der Waals surface area contributed by atoms with Gasteiger partial charge in [0.15, 0.2) is 0 Å². The number of urea groups is 1. The summed E-state index contributed by atoms with van der Waals surface area (Å²) >= 11 is 1.62. The lowest BCUT2D eigenvalue weighted by atomic mass is 10.2. The predicted octanol–water partition coefficient (Wildman–Crippen LogP) is 1.80. The summed E-state index contributed by atoms with van der Waals surface area (Å²) in [7, 11) is 0. The van der Waals surface area contributed by atoms with Crippen LogP contribution in [0.25, 0.3) is 0 Å². The molecule has 1 heterocycles. The molecule has 0 saturated heterocycles. The van der Waals surface area contributed by atoms with E-state index in [0.29, 0.717) is 13.1 Å². The minimum Gasteiger partial charge on any atom is -0.480 e. The summed E-state index contributed by atoms with van der Waals surface area (Å²) in [5.74, 6) is -0.989. The Bertz CT molecular complexity index is 379. The summed E-state index contributed by atoms with van der Waals surface area (Å²) in [4.78, 5) is 23.7. The Morgan fingerprint density at radius 1 is 1.50 bits per heavy atom. The highest BCUT2D eigenvalue weighted by atomic mass is 32.1. The van der Waals surface area contributed by atoms with Crippen molar-refractivity contribution in [1.29, 1.82) is 0 Å². The van der Waals surface area contributed by atoms with Gasteiger partial charge in [-0.25, -0.2) is 4.79 Å². The van der Waals surface area contributed by atoms with Crippen molar-refractivity contribution in [1.82, 2.24) is 10.2 Å². The molecule has 6 heteroatoms. The number of aliphatic carboxylic acids is 1. The number of carbonyl (C=O) groups is 2. The van der Waals surface area contributed by atoms with Crippen molar-refractivity contribution in [3.63, 3.8) is 0 Å². The van der Waals surface area contributed by atoms with Gasteiger partial charge in [-0.1, -0.05) is 6.92 Å². The monoisotopic (exact) mass is 270 g/mol. The van der Waals surface area contributed by atoms with Crippen LogP contribution >= 0.6 is 11.3 Å². The predicted molar refractivity (Wildman–Crippen MR) is 70.9 cm³/mol. The van der Waals surface area contributed by atoms with Gasteiger partial charge < -0.3 is 15.3 Å². The van der Waals surface area contributed by atoms with Crippen molar-refractivity contribution in [2.24, 2.45) is 0 Å². The number of carbonyl (C=O) groups excluding carboxylic acids is 1. The van der Waals surface area contributed by atoms with Crippen molar-refractivity contribution < 1.29 is 14.7 Å². The molecule has 0 fully saturated rings. The maximum atomic E-state index is 11.8. The Kier molecular flexibility index (Phi) is 6.21. The van der Waals surface area contributed by atoms with E-state index in [2.05, 4.69) is 5.32 Å². The van der Waals surface area contributed by atoms with Gasteiger partial charge >= 0.3 is 12.0 Å². The number of amides is 2. The van der Waals surface area contributed by atoms with Gasteiger partial charge in [0.2, 0.25) is 0 Å². The number of nitrogens with zero attached hydrogens (tertiary/aromatic N) is 1. The molecule has 0 bridgehead atoms. The van der Waals surface area contributed by atoms with E-state index in [1.165, 1.54) is 10.5 Å². The number of hydrogen-bond donors (Lipinski definition) is 2. The molecule has 0 spiro atoms. The first-order valence-corrected chi connectivity index (χ1v) is 6.83. The standard InChI is InChI=1S/C12H18N2O3S/c1-2-6-14(8-11(15)16)12(17)13-5-3-10-4-7-18-9-10/h4,7,9H,2-3,5-6,8H2,1H3,(H,13,17)(H,15,16). The Labute approximate surface area is 110 Å². The van der Waals surface area contributed by atoms with Gasteiger partial charge in [-0.2, -0.15) is 11.3 Å². The summed E-state index contributed by atoms with van der Waals surface area (Å²) in [5, 5.41) is 15.5. The summed E-state index contributed by atoms with van der Waals surface area (Å²) in [6, 6.07) is 1.70. The number of hydrogen-bond acceptors (Lipinski definition) is 3. The molecule has 0 radical (unpaired) electrons. The van der Waals surface area contributed by atoms with Crippen LogP contribution in [0.15, 0.2) is 16.8 Å². The van der Waals surface area contributed by atoms with Crippen LogP contribution in [-0.2, 0) is 11.2 Å². The first-order chi connectivity index (χ1) is 8.63. The van der Waals surface area contributed by atoms with Gasteiger partial charge in [0.1, 0.15) is 6.54 Å². The summed E-state index contributed by atoms with van der Waals surface area (Å²) < 4.78 is 0. The zero-order valence-corrected chi connectivity index (χ0v) is 11.2. The summed E-state index contributed by atoms with van der Waals surface area (Å²) in [5.41, 5.74) is 1.18. The van der Waals surface area contributed by atoms with Gasteiger partial charge in [-0.05, 0) is 35.2 Å². The van der Waals surface area contributed by atoms with E-state index in [9.17, 15) is 9.59 Å². The summed E-state index contributed by atoms with van der Waals surface area (Å²) in [6.45, 7) is 2.64. The Hall–Kier alpha value is -1.56. The van der Waals surface area contributed by atoms with Crippen molar-refractivity contribution in [2.45, 2.75) is 19.8 Å². The van der Waals surface area contributed by atoms with Crippen molar-refractivity contribution >= 4 is 23.3 Å². The molecule has 0 atom stereocenters. The Morgan fingerprint density at radius 2 is 2.28 bits per heavy atom. The van der Waals surface area contributed by atoms with Gasteiger partial charge in [0.05, 0.1) is 0 Å². The van der Waals surface area contributed by atoms with E-state index >= 15 is 0 Å². The highest BCUT2D eigenvalue weighted by Crippen LogP contribution is 2.05. The fourth-order valence-electron chi connectivity index (χ4n) is 1.55. The molecule has 2 amide bonds. The van der Waals surface area contributed by atoms with Crippen LogP contribution in [0, 0.1) is 0 Å². The topological polar surface area (TPSA) is 69.6 Å². The molecule has 0 aromatic carbocycles. The Morgan fingerprint density at radius 3 is 2.83 bits per heavy atom. The van der Waals surface area contributed by atoms with E-state index in [1.807, 2.05) is 23.8 Å². The zero-order chi connectivity index (χ0) is 13.4.